The van der Waals surface area contributed by atoms with Gasteiger partial charge in [0, 0.05) is 8.59 Å². The summed E-state index contributed by atoms with van der Waals surface area (Å²) in [6, 6.07) is 17.4. The van der Waals surface area contributed by atoms with Gasteiger partial charge in [-0.25, -0.2) is 4.79 Å². The predicted molar refractivity (Wildman–Crippen MR) is 152 cm³/mol. The minimum atomic E-state index is -0.594. The first kappa shape index (κ1) is 26.7. The van der Waals surface area contributed by atoms with Gasteiger partial charge in [-0.15, -0.1) is 0 Å². The van der Waals surface area contributed by atoms with E-state index in [4.69, 9.17) is 21.1 Å². The average molecular weight is 699 g/mol. The van der Waals surface area contributed by atoms with Crippen LogP contribution >= 0.6 is 61.9 Å². The van der Waals surface area contributed by atoms with Crippen LogP contribution in [0.2, 0.25) is 5.02 Å². The number of halogens is 3. The Hall–Kier alpha value is -2.34. The fourth-order valence-corrected chi connectivity index (χ4v) is 5.29. The monoisotopic (exact) mass is 697 g/mol. The van der Waals surface area contributed by atoms with Gasteiger partial charge in [-0.05, 0) is 117 Å². The molecule has 3 aromatic rings. The van der Waals surface area contributed by atoms with Crippen LogP contribution in [0.1, 0.15) is 28.4 Å². The van der Waals surface area contributed by atoms with E-state index in [1.807, 2.05) is 24.3 Å². The lowest BCUT2D eigenvalue weighted by molar-refractivity contribution is -0.123. The topological polar surface area (TPSA) is 72.9 Å². The molecule has 10 heteroatoms. The number of esters is 1. The number of rotatable bonds is 7. The molecule has 1 aliphatic heterocycles. The van der Waals surface area contributed by atoms with Crippen molar-refractivity contribution in [1.82, 2.24) is 4.90 Å². The molecule has 0 unspecified atom stereocenters. The number of amides is 2. The van der Waals surface area contributed by atoms with Crippen molar-refractivity contribution in [2.75, 3.05) is 6.61 Å². The van der Waals surface area contributed by atoms with Gasteiger partial charge in [0.05, 0.1) is 28.1 Å². The summed E-state index contributed by atoms with van der Waals surface area (Å²) in [4.78, 5) is 39.7. The van der Waals surface area contributed by atoms with Gasteiger partial charge >= 0.3 is 5.97 Å². The van der Waals surface area contributed by atoms with Crippen LogP contribution in [0.3, 0.4) is 0 Å². The number of hydrogen-bond donors (Lipinski definition) is 0. The van der Waals surface area contributed by atoms with E-state index in [0.29, 0.717) is 37.9 Å². The van der Waals surface area contributed by atoms with Crippen LogP contribution in [0.5, 0.6) is 11.5 Å². The molecule has 1 aliphatic rings. The van der Waals surface area contributed by atoms with E-state index in [2.05, 4.69) is 38.5 Å². The van der Waals surface area contributed by atoms with Crippen molar-refractivity contribution >= 4 is 85.1 Å². The summed E-state index contributed by atoms with van der Waals surface area (Å²) in [5.41, 5.74) is 1.77. The Morgan fingerprint density at radius 2 is 1.89 bits per heavy atom. The van der Waals surface area contributed by atoms with Gasteiger partial charge in [0.2, 0.25) is 0 Å². The lowest BCUT2D eigenvalue weighted by Crippen LogP contribution is -2.27. The fourth-order valence-electron chi connectivity index (χ4n) is 3.36. The third kappa shape index (κ3) is 6.31. The van der Waals surface area contributed by atoms with Crippen LogP contribution in [0, 0.1) is 3.57 Å². The molecular formula is C26H18BrClINO5S. The number of hydrogen-bond acceptors (Lipinski definition) is 6. The predicted octanol–water partition coefficient (Wildman–Crippen LogP) is 7.56. The van der Waals surface area contributed by atoms with Gasteiger partial charge in [-0.3, -0.25) is 14.5 Å². The summed E-state index contributed by atoms with van der Waals surface area (Å²) >= 11 is 12.5. The third-order valence-electron chi connectivity index (χ3n) is 5.01. The van der Waals surface area contributed by atoms with E-state index in [1.165, 1.54) is 11.0 Å². The first-order valence-electron chi connectivity index (χ1n) is 10.7. The van der Waals surface area contributed by atoms with Gasteiger partial charge in [-0.2, -0.15) is 0 Å². The van der Waals surface area contributed by atoms with E-state index in [0.717, 1.165) is 20.9 Å². The Bertz CT molecular complexity index is 1380. The molecule has 3 aromatic carbocycles. The molecule has 0 spiro atoms. The molecule has 0 saturated carbocycles. The van der Waals surface area contributed by atoms with Crippen LogP contribution in [0.4, 0.5) is 4.79 Å². The molecule has 0 radical (unpaired) electrons. The molecule has 0 bridgehead atoms. The molecule has 4 rings (SSSR count). The molecular weight excluding hydrogens is 681 g/mol. The van der Waals surface area contributed by atoms with E-state index >= 15 is 0 Å². The number of carbonyl (C=O) groups excluding carboxylic acids is 3. The second kappa shape index (κ2) is 11.8. The van der Waals surface area contributed by atoms with Crippen LogP contribution in [-0.4, -0.2) is 28.6 Å². The molecule has 2 amide bonds. The molecule has 1 heterocycles. The Labute approximate surface area is 239 Å². The maximum Gasteiger partial charge on any atom is 0.343 e. The SMILES string of the molecule is CCOc1cc(/C=C2\SC(=O)N(Cc3ccc(I)cc3)C2=O)cc(Br)c1OC(=O)c1cccc(Cl)c1. The zero-order chi connectivity index (χ0) is 25.8. The van der Waals surface area contributed by atoms with Gasteiger partial charge in [0.15, 0.2) is 11.5 Å². The van der Waals surface area contributed by atoms with Crippen molar-refractivity contribution in [3.8, 4) is 11.5 Å². The van der Waals surface area contributed by atoms with Crippen LogP contribution < -0.4 is 9.47 Å². The fraction of sp³-hybridized carbons (Fsp3) is 0.115. The molecule has 36 heavy (non-hydrogen) atoms. The minimum absolute atomic E-state index is 0.200. The van der Waals surface area contributed by atoms with Crippen molar-refractivity contribution in [3.63, 3.8) is 0 Å². The van der Waals surface area contributed by atoms with Gasteiger partial charge in [0.1, 0.15) is 0 Å². The summed E-state index contributed by atoms with van der Waals surface area (Å²) in [7, 11) is 0. The second-order valence-electron chi connectivity index (χ2n) is 7.56. The minimum Gasteiger partial charge on any atom is -0.490 e. The number of thioether (sulfide) groups is 1. The molecule has 0 N–H and O–H groups in total. The molecule has 0 aliphatic carbocycles. The second-order valence-corrected chi connectivity index (χ2v) is 11.1. The highest BCUT2D eigenvalue weighted by atomic mass is 127. The zero-order valence-corrected chi connectivity index (χ0v) is 24.1. The average Bonchev–Trinajstić information content (AvgIpc) is 3.10. The summed E-state index contributed by atoms with van der Waals surface area (Å²) in [5, 5.41) is 0.0841. The maximum absolute atomic E-state index is 13.0. The van der Waals surface area contributed by atoms with Crippen molar-refractivity contribution in [3.05, 3.63) is 95.3 Å². The number of nitrogens with zero attached hydrogens (tertiary/aromatic N) is 1. The van der Waals surface area contributed by atoms with Crippen molar-refractivity contribution in [1.29, 1.82) is 0 Å². The first-order valence-corrected chi connectivity index (χ1v) is 13.8. The van der Waals surface area contributed by atoms with Crippen molar-refractivity contribution < 1.29 is 23.9 Å². The largest absolute Gasteiger partial charge is 0.490 e. The molecule has 0 atom stereocenters. The third-order valence-corrected chi connectivity index (χ3v) is 7.46. The number of carbonyl (C=O) groups is 3. The molecule has 184 valence electrons. The van der Waals surface area contributed by atoms with Gasteiger partial charge < -0.3 is 9.47 Å². The molecule has 0 aromatic heterocycles. The Morgan fingerprint density at radius 1 is 1.14 bits per heavy atom. The van der Waals surface area contributed by atoms with Crippen LogP contribution in [0.25, 0.3) is 6.08 Å². The van der Waals surface area contributed by atoms with Gasteiger partial charge in [0.25, 0.3) is 11.1 Å². The Kier molecular flexibility index (Phi) is 8.76. The number of benzene rings is 3. The van der Waals surface area contributed by atoms with E-state index in [-0.39, 0.29) is 23.4 Å². The summed E-state index contributed by atoms with van der Waals surface area (Å²) < 4.78 is 12.8. The quantitative estimate of drug-likeness (QED) is 0.110. The first-order chi connectivity index (χ1) is 17.2. The van der Waals surface area contributed by atoms with Crippen LogP contribution in [0.15, 0.2) is 70.0 Å². The maximum atomic E-state index is 13.0. The summed E-state index contributed by atoms with van der Waals surface area (Å²) in [6.07, 6.45) is 1.62. The molecule has 1 fully saturated rings. The number of imide groups is 1. The Balaban J connectivity index is 1.58. The Morgan fingerprint density at radius 3 is 2.58 bits per heavy atom. The molecule has 6 nitrogen and oxygen atoms in total. The van der Waals surface area contributed by atoms with Crippen molar-refractivity contribution in [2.24, 2.45) is 0 Å². The normalized spacial score (nSPS) is 14.4. The van der Waals surface area contributed by atoms with E-state index < -0.39 is 5.97 Å². The van der Waals surface area contributed by atoms with E-state index in [9.17, 15) is 14.4 Å². The zero-order valence-electron chi connectivity index (χ0n) is 18.8. The highest BCUT2D eigenvalue weighted by Gasteiger charge is 2.35. The smallest absolute Gasteiger partial charge is 0.343 e. The molecule has 1 saturated heterocycles. The highest BCUT2D eigenvalue weighted by molar-refractivity contribution is 14.1. The van der Waals surface area contributed by atoms with Crippen LogP contribution in [-0.2, 0) is 11.3 Å². The standard InChI is InChI=1S/C26H18BrClINO5S/c1-2-34-21-11-16(10-20(27)23(21)35-25(32)17-4-3-5-18(28)13-17)12-22-24(31)30(26(33)36-22)14-15-6-8-19(29)9-7-15/h3-13H,2,14H2,1H3/b22-12-. The van der Waals surface area contributed by atoms with Gasteiger partial charge in [-0.1, -0.05) is 29.8 Å². The lowest BCUT2D eigenvalue weighted by Gasteiger charge is -2.14. The summed E-state index contributed by atoms with van der Waals surface area (Å²) in [5.74, 6) is -0.449. The lowest BCUT2D eigenvalue weighted by atomic mass is 10.1. The van der Waals surface area contributed by atoms with Crippen molar-refractivity contribution in [2.45, 2.75) is 13.5 Å². The number of ether oxygens (including phenoxy) is 2. The summed E-state index contributed by atoms with van der Waals surface area (Å²) in [6.45, 7) is 2.33. The highest BCUT2D eigenvalue weighted by Crippen LogP contribution is 2.40. The van der Waals surface area contributed by atoms with E-state index in [1.54, 1.807) is 43.3 Å².